The number of esters is 2. The highest BCUT2D eigenvalue weighted by Crippen LogP contribution is 2.38. The van der Waals surface area contributed by atoms with Crippen LogP contribution in [-0.2, 0) is 32.7 Å². The maximum Gasteiger partial charge on any atom is 0.306 e. The van der Waals surface area contributed by atoms with E-state index in [2.05, 4.69) is 74.6 Å². The zero-order chi connectivity index (χ0) is 51.3. The Bertz CT molecular complexity index is 1370. The number of allylic oxidation sites excluding steroid dienone is 10. The smallest absolute Gasteiger partial charge is 0.306 e. The van der Waals surface area contributed by atoms with E-state index in [1.54, 1.807) is 0 Å². The van der Waals surface area contributed by atoms with E-state index in [-0.39, 0.29) is 32.0 Å². The lowest BCUT2D eigenvalue weighted by Crippen LogP contribution is -2.37. The molecule has 2 atom stereocenters. The van der Waals surface area contributed by atoms with Crippen LogP contribution in [0.2, 0.25) is 0 Å². The van der Waals surface area contributed by atoms with E-state index < -0.39 is 26.5 Å². The summed E-state index contributed by atoms with van der Waals surface area (Å²) < 4.78 is 34.1. The third-order valence-corrected chi connectivity index (χ3v) is 13.5. The van der Waals surface area contributed by atoms with Crippen LogP contribution in [0, 0.1) is 0 Å². The molecule has 0 heterocycles. The average Bonchev–Trinajstić information content (AvgIpc) is 3.32. The van der Waals surface area contributed by atoms with Crippen LogP contribution in [-0.4, -0.2) is 70.0 Å². The van der Waals surface area contributed by atoms with E-state index in [1.807, 2.05) is 21.1 Å². The molecule has 0 amide bonds. The number of unbranched alkanes of at least 4 members (excludes halogenated alkanes) is 29. The molecule has 10 heteroatoms. The molecule has 0 rings (SSSR count). The predicted molar refractivity (Wildman–Crippen MR) is 296 cm³/mol. The van der Waals surface area contributed by atoms with Gasteiger partial charge in [-0.2, -0.15) is 0 Å². The largest absolute Gasteiger partial charge is 0.756 e. The number of quaternary nitrogens is 1. The van der Waals surface area contributed by atoms with Gasteiger partial charge in [-0.25, -0.2) is 0 Å². The van der Waals surface area contributed by atoms with Crippen molar-refractivity contribution in [2.45, 2.75) is 264 Å². The molecule has 0 spiro atoms. The van der Waals surface area contributed by atoms with Gasteiger partial charge in [0, 0.05) is 12.8 Å². The summed E-state index contributed by atoms with van der Waals surface area (Å²) in [6.45, 7) is 4.13. The van der Waals surface area contributed by atoms with E-state index in [0.717, 1.165) is 70.6 Å². The fraction of sp³-hybridized carbons (Fsp3) is 0.800. The lowest BCUT2D eigenvalue weighted by Gasteiger charge is -2.28. The Morgan fingerprint density at radius 2 is 0.814 bits per heavy atom. The Hall–Kier alpha value is -2.29. The van der Waals surface area contributed by atoms with Gasteiger partial charge in [-0.1, -0.05) is 248 Å². The molecule has 408 valence electrons. The van der Waals surface area contributed by atoms with Crippen molar-refractivity contribution >= 4 is 19.8 Å². The number of likely N-dealkylation sites (N-methyl/N-ethyl adjacent to an activating group) is 1. The van der Waals surface area contributed by atoms with Gasteiger partial charge in [0.1, 0.15) is 19.8 Å². The maximum absolute atomic E-state index is 12.8. The van der Waals surface area contributed by atoms with Crippen LogP contribution in [0.5, 0.6) is 0 Å². The van der Waals surface area contributed by atoms with Gasteiger partial charge in [-0.05, 0) is 57.8 Å². The number of hydrogen-bond donors (Lipinski definition) is 0. The zero-order valence-corrected chi connectivity index (χ0v) is 47.1. The molecule has 0 aromatic carbocycles. The fourth-order valence-corrected chi connectivity index (χ4v) is 8.82. The number of hydrogen-bond acceptors (Lipinski definition) is 8. The molecule has 0 radical (unpaired) electrons. The molecule has 0 aliphatic heterocycles. The number of carbonyl (C=O) groups excluding carboxylic acids is 2. The van der Waals surface area contributed by atoms with E-state index in [4.69, 9.17) is 18.5 Å². The van der Waals surface area contributed by atoms with Crippen LogP contribution < -0.4 is 4.89 Å². The number of ether oxygens (including phenoxy) is 2. The van der Waals surface area contributed by atoms with Gasteiger partial charge in [0.25, 0.3) is 7.82 Å². The summed E-state index contributed by atoms with van der Waals surface area (Å²) in [5.41, 5.74) is 0. The highest BCUT2D eigenvalue weighted by atomic mass is 31.2. The first kappa shape index (κ1) is 67.7. The minimum Gasteiger partial charge on any atom is -0.756 e. The molecule has 70 heavy (non-hydrogen) atoms. The molecule has 0 fully saturated rings. The minimum absolute atomic E-state index is 0.0293. The molecule has 2 unspecified atom stereocenters. The molecule has 0 bridgehead atoms. The molecule has 0 saturated carbocycles. The molecule has 0 aliphatic rings. The van der Waals surface area contributed by atoms with E-state index in [9.17, 15) is 19.0 Å². The standard InChI is InChI=1S/C60H110NO8P/c1-6-8-10-12-14-16-18-19-20-21-22-23-24-25-26-27-28-29-30-31-32-33-34-35-36-37-38-39-40-41-43-45-47-49-51-53-60(63)69-58(57-68-70(64,65)67-55-54-61(3,4)5)56-66-59(62)52-50-48-46-44-42-17-15-13-11-9-7-2/h8,10,14,16,19-20,22-23,25-26,58H,6-7,9,11-13,15,17-18,21,24,27-57H2,1-5H3/b10-8-,16-14-,20-19-,23-22-,26-25-. The van der Waals surface area contributed by atoms with Gasteiger partial charge < -0.3 is 27.9 Å². The van der Waals surface area contributed by atoms with Crippen LogP contribution in [0.4, 0.5) is 0 Å². The molecule has 0 aromatic heterocycles. The Labute approximate surface area is 432 Å². The van der Waals surface area contributed by atoms with Crippen molar-refractivity contribution in [1.82, 2.24) is 0 Å². The van der Waals surface area contributed by atoms with Crippen molar-refractivity contribution in [2.75, 3.05) is 47.5 Å². The van der Waals surface area contributed by atoms with Crippen LogP contribution in [0.15, 0.2) is 60.8 Å². The van der Waals surface area contributed by atoms with E-state index >= 15 is 0 Å². The molecule has 0 aliphatic carbocycles. The van der Waals surface area contributed by atoms with Crippen molar-refractivity contribution in [2.24, 2.45) is 0 Å². The van der Waals surface area contributed by atoms with Gasteiger partial charge in [0.15, 0.2) is 6.10 Å². The first-order chi connectivity index (χ1) is 34.0. The van der Waals surface area contributed by atoms with E-state index in [1.165, 1.54) is 154 Å². The first-order valence-electron chi connectivity index (χ1n) is 29.0. The van der Waals surface area contributed by atoms with Gasteiger partial charge in [0.05, 0.1) is 27.7 Å². The van der Waals surface area contributed by atoms with Crippen molar-refractivity contribution in [3.05, 3.63) is 60.8 Å². The maximum atomic E-state index is 12.8. The topological polar surface area (TPSA) is 111 Å². The highest BCUT2D eigenvalue weighted by molar-refractivity contribution is 7.45. The third kappa shape index (κ3) is 55.0. The van der Waals surface area contributed by atoms with Crippen LogP contribution in [0.25, 0.3) is 0 Å². The summed E-state index contributed by atoms with van der Waals surface area (Å²) >= 11 is 0. The second-order valence-corrected chi connectivity index (χ2v) is 22.0. The molecule has 0 saturated heterocycles. The number of phosphoric ester groups is 1. The third-order valence-electron chi connectivity index (χ3n) is 12.6. The lowest BCUT2D eigenvalue weighted by molar-refractivity contribution is -0.870. The number of phosphoric acid groups is 1. The summed E-state index contributed by atoms with van der Waals surface area (Å²) in [5.74, 6) is -0.825. The average molecular weight is 1000 g/mol. The Kier molecular flexibility index (Phi) is 49.9. The monoisotopic (exact) mass is 1000 g/mol. The van der Waals surface area contributed by atoms with Gasteiger partial charge in [0.2, 0.25) is 0 Å². The minimum atomic E-state index is -4.63. The van der Waals surface area contributed by atoms with Gasteiger partial charge >= 0.3 is 11.9 Å². The molecule has 9 nitrogen and oxygen atoms in total. The Morgan fingerprint density at radius 3 is 1.21 bits per heavy atom. The summed E-state index contributed by atoms with van der Waals surface area (Å²) in [5, 5.41) is 0. The Balaban J connectivity index is 3.95. The first-order valence-corrected chi connectivity index (χ1v) is 30.5. The SMILES string of the molecule is CC/C=C\C/C=C\C/C=C\C/C=C\C/C=C\CCCCCCCCCCCCCCCCCCCCCC(=O)OC(COC(=O)CCCCCCCCCCCCC)COP(=O)([O-])OCC[N+](C)(C)C. The normalized spacial score (nSPS) is 13.7. The number of rotatable bonds is 53. The summed E-state index contributed by atoms with van der Waals surface area (Å²) in [4.78, 5) is 37.7. The van der Waals surface area contributed by atoms with Gasteiger partial charge in [-0.3, -0.25) is 14.2 Å². The van der Waals surface area contributed by atoms with Crippen LogP contribution in [0.3, 0.4) is 0 Å². The van der Waals surface area contributed by atoms with Crippen LogP contribution >= 0.6 is 7.82 Å². The molecular formula is C60H110NO8P. The second-order valence-electron chi connectivity index (χ2n) is 20.6. The van der Waals surface area contributed by atoms with E-state index in [0.29, 0.717) is 17.4 Å². The zero-order valence-electron chi connectivity index (χ0n) is 46.2. The summed E-state index contributed by atoms with van der Waals surface area (Å²) in [7, 11) is 1.17. The molecule has 0 N–H and O–H groups in total. The molecule has 0 aromatic rings. The lowest BCUT2D eigenvalue weighted by atomic mass is 10.0. The summed E-state index contributed by atoms with van der Waals surface area (Å²) in [6, 6.07) is 0. The number of nitrogens with zero attached hydrogens (tertiary/aromatic N) is 1. The van der Waals surface area contributed by atoms with Gasteiger partial charge in [-0.15, -0.1) is 0 Å². The quantitative estimate of drug-likeness (QED) is 0.0195. The highest BCUT2D eigenvalue weighted by Gasteiger charge is 2.22. The predicted octanol–water partition coefficient (Wildman–Crippen LogP) is 17.3. The van der Waals surface area contributed by atoms with Crippen molar-refractivity contribution in [3.8, 4) is 0 Å². The summed E-state index contributed by atoms with van der Waals surface area (Å²) in [6.07, 6.45) is 65.7. The fourth-order valence-electron chi connectivity index (χ4n) is 8.10. The number of carbonyl (C=O) groups is 2. The Morgan fingerprint density at radius 1 is 0.457 bits per heavy atom. The van der Waals surface area contributed by atoms with Crippen LogP contribution in [0.1, 0.15) is 258 Å². The second kappa shape index (κ2) is 51.6. The van der Waals surface area contributed by atoms with Crippen molar-refractivity contribution < 1.29 is 42.1 Å². The molecular weight excluding hydrogens is 894 g/mol. The van der Waals surface area contributed by atoms with Crippen molar-refractivity contribution in [3.63, 3.8) is 0 Å². The van der Waals surface area contributed by atoms with Crippen molar-refractivity contribution in [1.29, 1.82) is 0 Å².